The fourth-order valence-electron chi connectivity index (χ4n) is 6.29. The number of ether oxygens (including phenoxy) is 2. The van der Waals surface area contributed by atoms with Gasteiger partial charge in [-0.25, -0.2) is 0 Å². The van der Waals surface area contributed by atoms with E-state index in [1.54, 1.807) is 48.3 Å². The maximum Gasteiger partial charge on any atom is 0.261 e. The summed E-state index contributed by atoms with van der Waals surface area (Å²) in [4.78, 5) is 40.9. The highest BCUT2D eigenvalue weighted by atomic mass is 16.5. The number of rotatable bonds is 9. The Balaban J connectivity index is 1.15. The van der Waals surface area contributed by atoms with E-state index in [4.69, 9.17) is 9.47 Å². The van der Waals surface area contributed by atoms with Crippen LogP contribution in [0.1, 0.15) is 72.7 Å². The molecule has 8 heteroatoms. The van der Waals surface area contributed by atoms with E-state index < -0.39 is 0 Å². The quantitative estimate of drug-likeness (QED) is 0.161. The Morgan fingerprint density at radius 2 is 1.20 bits per heavy atom. The Hall–Kier alpha value is -5.73. The third-order valence-corrected chi connectivity index (χ3v) is 9.25. The first-order valence-electron chi connectivity index (χ1n) is 16.0. The summed E-state index contributed by atoms with van der Waals surface area (Å²) >= 11 is 0. The smallest absolute Gasteiger partial charge is 0.261 e. The normalized spacial score (nSPS) is 12.6. The van der Waals surface area contributed by atoms with Gasteiger partial charge in [0.25, 0.3) is 17.7 Å². The van der Waals surface area contributed by atoms with E-state index in [-0.39, 0.29) is 29.7 Å². The Bertz CT molecular complexity index is 2060. The number of amides is 3. The Morgan fingerprint density at radius 1 is 0.714 bits per heavy atom. The van der Waals surface area contributed by atoms with E-state index in [0.717, 1.165) is 32.8 Å². The summed E-state index contributed by atoms with van der Waals surface area (Å²) in [5, 5.41) is 10.0. The van der Waals surface area contributed by atoms with Gasteiger partial charge in [0.1, 0.15) is 23.0 Å². The molecule has 0 fully saturated rings. The molecule has 0 saturated carbocycles. The number of benzene rings is 5. The second-order valence-corrected chi connectivity index (χ2v) is 12.8. The van der Waals surface area contributed by atoms with Crippen molar-refractivity contribution < 1.29 is 29.0 Å². The lowest BCUT2D eigenvalue weighted by molar-refractivity contribution is 0.0692. The van der Waals surface area contributed by atoms with Crippen molar-refractivity contribution in [2.24, 2.45) is 0 Å². The molecule has 5 aromatic rings. The fourth-order valence-corrected chi connectivity index (χ4v) is 6.29. The largest absolute Gasteiger partial charge is 0.457 e. The summed E-state index contributed by atoms with van der Waals surface area (Å²) in [6.45, 7) is 7.94. The first-order chi connectivity index (χ1) is 23.4. The van der Waals surface area contributed by atoms with Crippen LogP contribution in [0.25, 0.3) is 0 Å². The maximum atomic E-state index is 13.6. The van der Waals surface area contributed by atoms with Gasteiger partial charge in [0.15, 0.2) is 0 Å². The minimum absolute atomic E-state index is 0.230. The summed E-state index contributed by atoms with van der Waals surface area (Å²) in [7, 11) is 3.21. The van der Waals surface area contributed by atoms with Crippen LogP contribution in [0.4, 0.5) is 5.69 Å². The third kappa shape index (κ3) is 6.30. The van der Waals surface area contributed by atoms with Crippen LogP contribution in [0.5, 0.6) is 23.0 Å². The highest BCUT2D eigenvalue weighted by Gasteiger charge is 2.33. The second-order valence-electron chi connectivity index (χ2n) is 12.8. The summed E-state index contributed by atoms with van der Waals surface area (Å²) in [6.07, 6.45) is 0. The van der Waals surface area contributed by atoms with Gasteiger partial charge in [0.2, 0.25) is 0 Å². The van der Waals surface area contributed by atoms with Gasteiger partial charge >= 0.3 is 0 Å². The highest BCUT2D eigenvalue weighted by molar-refractivity contribution is 6.21. The van der Waals surface area contributed by atoms with E-state index in [1.165, 1.54) is 7.05 Å². The topological polar surface area (TPSA) is 96.4 Å². The minimum atomic E-state index is -0.345. The molecule has 1 N–H and O–H groups in total. The van der Waals surface area contributed by atoms with Crippen molar-refractivity contribution in [2.75, 3.05) is 19.0 Å². The molecule has 1 aliphatic rings. The molecule has 1 heterocycles. The van der Waals surface area contributed by atoms with Gasteiger partial charge < -0.3 is 19.5 Å². The molecule has 8 nitrogen and oxygen atoms in total. The van der Waals surface area contributed by atoms with E-state index in [0.29, 0.717) is 45.3 Å². The molecule has 0 bridgehead atoms. The van der Waals surface area contributed by atoms with Gasteiger partial charge in [-0.1, -0.05) is 62.4 Å². The Kier molecular flexibility index (Phi) is 8.84. The lowest BCUT2D eigenvalue weighted by Crippen LogP contribution is -2.28. The molecule has 0 aromatic heterocycles. The lowest BCUT2D eigenvalue weighted by Gasteiger charge is -2.26. The van der Waals surface area contributed by atoms with Crippen LogP contribution in [0.3, 0.4) is 0 Å². The van der Waals surface area contributed by atoms with Crippen molar-refractivity contribution in [3.05, 3.63) is 148 Å². The van der Waals surface area contributed by atoms with Gasteiger partial charge in [-0.05, 0) is 96.3 Å². The summed E-state index contributed by atoms with van der Waals surface area (Å²) in [6, 6.07) is 31.6. The van der Waals surface area contributed by atoms with Crippen molar-refractivity contribution >= 4 is 23.4 Å². The molecule has 49 heavy (non-hydrogen) atoms. The van der Waals surface area contributed by atoms with Crippen molar-refractivity contribution in [1.82, 2.24) is 4.90 Å². The molecule has 6 rings (SSSR count). The van der Waals surface area contributed by atoms with Crippen molar-refractivity contribution in [3.8, 4) is 23.0 Å². The van der Waals surface area contributed by atoms with Gasteiger partial charge in [0.05, 0.1) is 17.7 Å². The SMILES string of the molecule is Cc1cccc(C)c1N(C)C(=O)c1cc(Oc2ccc(C(C)(C)c3ccc(Oc4ccc5c(c4)C(=O)N(C)C5=O)cc3)cc2)ccc1CO. The molecule has 1 aliphatic heterocycles. The van der Waals surface area contributed by atoms with Gasteiger partial charge in [-0.3, -0.25) is 19.3 Å². The lowest BCUT2D eigenvalue weighted by atomic mass is 9.78. The average molecular weight is 655 g/mol. The summed E-state index contributed by atoms with van der Waals surface area (Å²) in [5.74, 6) is 1.31. The number of aryl methyl sites for hydroxylation is 2. The number of fused-ring (bicyclic) bond motifs is 1. The first kappa shape index (κ1) is 33.2. The van der Waals surface area contributed by atoms with E-state index in [9.17, 15) is 19.5 Å². The number of hydrogen-bond acceptors (Lipinski definition) is 6. The molecule has 248 valence electrons. The molecule has 0 radical (unpaired) electrons. The molecule has 0 atom stereocenters. The molecular formula is C41H38N2O6. The number of anilines is 1. The number of carbonyl (C=O) groups excluding carboxylic acids is 3. The zero-order valence-electron chi connectivity index (χ0n) is 28.4. The predicted molar refractivity (Wildman–Crippen MR) is 189 cm³/mol. The zero-order chi connectivity index (χ0) is 35.0. The molecule has 0 aliphatic carbocycles. The van der Waals surface area contributed by atoms with Gasteiger partial charge in [0, 0.05) is 30.8 Å². The van der Waals surface area contributed by atoms with Crippen LogP contribution >= 0.6 is 0 Å². The number of para-hydroxylation sites is 1. The van der Waals surface area contributed by atoms with Gasteiger partial charge in [-0.15, -0.1) is 0 Å². The van der Waals surface area contributed by atoms with Crippen LogP contribution in [-0.2, 0) is 12.0 Å². The summed E-state index contributed by atoms with van der Waals surface area (Å²) in [5.41, 5.74) is 6.23. The van der Waals surface area contributed by atoms with Crippen LogP contribution in [-0.4, -0.2) is 41.8 Å². The third-order valence-electron chi connectivity index (χ3n) is 9.25. The van der Waals surface area contributed by atoms with Crippen LogP contribution in [0, 0.1) is 13.8 Å². The molecule has 0 saturated heterocycles. The number of nitrogens with zero attached hydrogens (tertiary/aromatic N) is 2. The van der Waals surface area contributed by atoms with Gasteiger partial charge in [-0.2, -0.15) is 0 Å². The highest BCUT2D eigenvalue weighted by Crippen LogP contribution is 2.36. The van der Waals surface area contributed by atoms with Crippen LogP contribution in [0.2, 0.25) is 0 Å². The van der Waals surface area contributed by atoms with Crippen LogP contribution in [0.15, 0.2) is 103 Å². The Morgan fingerprint density at radius 3 is 1.76 bits per heavy atom. The number of imide groups is 1. The summed E-state index contributed by atoms with van der Waals surface area (Å²) < 4.78 is 12.2. The number of hydrogen-bond donors (Lipinski definition) is 1. The average Bonchev–Trinajstić information content (AvgIpc) is 3.31. The van der Waals surface area contributed by atoms with Crippen molar-refractivity contribution in [1.29, 1.82) is 0 Å². The second kappa shape index (κ2) is 13.1. The maximum absolute atomic E-state index is 13.6. The fraction of sp³-hybridized carbons (Fsp3) is 0.195. The molecule has 0 unspecified atom stereocenters. The molecule has 3 amide bonds. The zero-order valence-corrected chi connectivity index (χ0v) is 28.4. The molecular weight excluding hydrogens is 616 g/mol. The van der Waals surface area contributed by atoms with Crippen molar-refractivity contribution in [2.45, 2.75) is 39.7 Å². The number of aliphatic hydroxyl groups excluding tert-OH is 1. The van der Waals surface area contributed by atoms with E-state index >= 15 is 0 Å². The van der Waals surface area contributed by atoms with E-state index in [2.05, 4.69) is 13.8 Å². The number of aliphatic hydroxyl groups is 1. The molecule has 0 spiro atoms. The predicted octanol–water partition coefficient (Wildman–Crippen LogP) is 8.21. The first-order valence-corrected chi connectivity index (χ1v) is 16.0. The van der Waals surface area contributed by atoms with Crippen molar-refractivity contribution in [3.63, 3.8) is 0 Å². The minimum Gasteiger partial charge on any atom is -0.457 e. The van der Waals surface area contributed by atoms with Crippen LogP contribution < -0.4 is 14.4 Å². The monoisotopic (exact) mass is 654 g/mol. The molecule has 5 aromatic carbocycles. The number of carbonyl (C=O) groups is 3. The standard InChI is InChI=1S/C41H38N2O6/c1-25-8-7-9-26(2)37(25)42(5)39(46)35-22-32(15-10-27(35)24-44)48-30-16-11-28(12-17-30)41(3,4)29-13-18-31(19-14-29)49-33-20-21-34-36(23-33)40(47)43(6)38(34)45/h7-23,44H,24H2,1-6H3. The van der Waals surface area contributed by atoms with E-state index in [1.807, 2.05) is 80.6 Å². The Labute approximate surface area is 286 Å².